The highest BCUT2D eigenvalue weighted by Crippen LogP contribution is 1.98. The van der Waals surface area contributed by atoms with Gasteiger partial charge in [-0.25, -0.2) is 9.66 Å². The first-order valence-corrected chi connectivity index (χ1v) is 4.48. The quantitative estimate of drug-likeness (QED) is 0.556. The average molecular weight is 199 g/mol. The smallest absolute Gasteiger partial charge is 0.205 e. The minimum Gasteiger partial charge on any atom is -0.287 e. The summed E-state index contributed by atoms with van der Waals surface area (Å²) >= 11 is 0. The number of hydrogen-bond acceptors (Lipinski definition) is 3. The van der Waals surface area contributed by atoms with Crippen LogP contribution in [0.25, 0.3) is 0 Å². The monoisotopic (exact) mass is 199 g/mol. The van der Waals surface area contributed by atoms with Crippen LogP contribution in [-0.4, -0.2) is 21.7 Å². The average Bonchev–Trinajstić information content (AvgIpc) is 2.80. The maximum atomic E-state index is 11.6. The van der Waals surface area contributed by atoms with Crippen molar-refractivity contribution in [1.29, 1.82) is 0 Å². The molecule has 0 radical (unpaired) electrons. The van der Waals surface area contributed by atoms with E-state index in [1.807, 2.05) is 18.2 Å². The van der Waals surface area contributed by atoms with Crippen molar-refractivity contribution in [1.82, 2.24) is 9.66 Å². The van der Waals surface area contributed by atoms with E-state index in [0.29, 0.717) is 5.56 Å². The first-order chi connectivity index (χ1) is 7.36. The fourth-order valence-electron chi connectivity index (χ4n) is 1.12. The lowest BCUT2D eigenvalue weighted by molar-refractivity contribution is 0.107. The van der Waals surface area contributed by atoms with Crippen molar-refractivity contribution in [3.63, 3.8) is 0 Å². The van der Waals surface area contributed by atoms with E-state index in [9.17, 15) is 4.79 Å². The highest BCUT2D eigenvalue weighted by atomic mass is 16.1. The van der Waals surface area contributed by atoms with Crippen LogP contribution >= 0.6 is 0 Å². The predicted octanol–water partition coefficient (Wildman–Crippen LogP) is 1.60. The molecule has 15 heavy (non-hydrogen) atoms. The van der Waals surface area contributed by atoms with Crippen LogP contribution in [0.15, 0.2) is 54.2 Å². The van der Waals surface area contributed by atoms with Crippen molar-refractivity contribution in [3.8, 4) is 0 Å². The van der Waals surface area contributed by atoms with Crippen molar-refractivity contribution in [2.45, 2.75) is 0 Å². The second-order valence-electron chi connectivity index (χ2n) is 2.92. The zero-order valence-electron chi connectivity index (χ0n) is 7.95. The zero-order valence-corrected chi connectivity index (χ0v) is 7.95. The third-order valence-corrected chi connectivity index (χ3v) is 1.86. The molecular weight excluding hydrogens is 190 g/mol. The van der Waals surface area contributed by atoms with Gasteiger partial charge in [0.15, 0.2) is 0 Å². The Balaban J connectivity index is 2.11. The normalized spacial score (nSPS) is 10.7. The van der Waals surface area contributed by atoms with Crippen molar-refractivity contribution in [2.24, 2.45) is 5.10 Å². The van der Waals surface area contributed by atoms with Gasteiger partial charge in [-0.2, -0.15) is 5.10 Å². The number of carbonyl (C=O) groups is 1. The Morgan fingerprint density at radius 3 is 2.80 bits per heavy atom. The standard InChI is InChI=1S/C11H9N3O/c15-11(10-4-2-1-3-5-10)8-13-14-7-6-12-9-14/h1-9H. The molecule has 0 saturated heterocycles. The Labute approximate surface area is 86.9 Å². The molecule has 0 N–H and O–H groups in total. The summed E-state index contributed by atoms with van der Waals surface area (Å²) in [6.45, 7) is 0. The molecule has 1 aromatic heterocycles. The number of hydrogen-bond donors (Lipinski definition) is 0. The van der Waals surface area contributed by atoms with Crippen molar-refractivity contribution >= 4 is 12.0 Å². The summed E-state index contributed by atoms with van der Waals surface area (Å²) in [5, 5.41) is 3.92. The maximum absolute atomic E-state index is 11.6. The third kappa shape index (κ3) is 2.37. The number of benzene rings is 1. The Morgan fingerprint density at radius 1 is 1.33 bits per heavy atom. The van der Waals surface area contributed by atoms with Crippen molar-refractivity contribution < 1.29 is 4.79 Å². The van der Waals surface area contributed by atoms with Crippen molar-refractivity contribution in [3.05, 3.63) is 54.6 Å². The second-order valence-corrected chi connectivity index (χ2v) is 2.92. The maximum Gasteiger partial charge on any atom is 0.205 e. The molecule has 1 heterocycles. The van der Waals surface area contributed by atoms with Crippen LogP contribution in [0.5, 0.6) is 0 Å². The summed E-state index contributed by atoms with van der Waals surface area (Å²) in [6, 6.07) is 9.00. The Hall–Kier alpha value is -2.23. The number of nitrogens with zero attached hydrogens (tertiary/aromatic N) is 3. The molecule has 0 atom stereocenters. The van der Waals surface area contributed by atoms with E-state index >= 15 is 0 Å². The highest BCUT2D eigenvalue weighted by Gasteiger charge is 1.99. The number of ketones is 1. The van der Waals surface area contributed by atoms with Crippen LogP contribution in [0.1, 0.15) is 10.4 Å². The van der Waals surface area contributed by atoms with Gasteiger partial charge in [0.25, 0.3) is 0 Å². The predicted molar refractivity (Wildman–Crippen MR) is 56.9 cm³/mol. The summed E-state index contributed by atoms with van der Waals surface area (Å²) in [5.74, 6) is -0.121. The van der Waals surface area contributed by atoms with E-state index < -0.39 is 0 Å². The first-order valence-electron chi connectivity index (χ1n) is 4.48. The van der Waals surface area contributed by atoms with Gasteiger partial charge in [-0.3, -0.25) is 4.79 Å². The van der Waals surface area contributed by atoms with Crippen LogP contribution in [-0.2, 0) is 0 Å². The SMILES string of the molecule is O=C(C=Nn1ccnc1)c1ccccc1. The Morgan fingerprint density at radius 2 is 2.13 bits per heavy atom. The molecule has 0 saturated carbocycles. The molecule has 0 aliphatic carbocycles. The van der Waals surface area contributed by atoms with E-state index in [1.165, 1.54) is 17.2 Å². The van der Waals surface area contributed by atoms with Gasteiger partial charge in [0, 0.05) is 18.0 Å². The largest absolute Gasteiger partial charge is 0.287 e. The number of rotatable bonds is 3. The number of imidazole rings is 1. The molecule has 0 aliphatic rings. The van der Waals surface area contributed by atoms with Crippen molar-refractivity contribution in [2.75, 3.05) is 0 Å². The summed E-state index contributed by atoms with van der Waals surface area (Å²) in [4.78, 5) is 15.4. The molecule has 0 fully saturated rings. The van der Waals surface area contributed by atoms with Gasteiger partial charge in [-0.1, -0.05) is 30.3 Å². The van der Waals surface area contributed by atoms with Gasteiger partial charge in [0.2, 0.25) is 5.78 Å². The third-order valence-electron chi connectivity index (χ3n) is 1.86. The molecular formula is C11H9N3O. The molecule has 74 valence electrons. The molecule has 0 bridgehead atoms. The summed E-state index contributed by atoms with van der Waals surface area (Å²) in [5.41, 5.74) is 0.626. The van der Waals surface area contributed by atoms with E-state index in [4.69, 9.17) is 0 Å². The number of Topliss-reactive ketones (excluding diaryl/α,β-unsaturated/α-hetero) is 1. The number of aromatic nitrogens is 2. The summed E-state index contributed by atoms with van der Waals surface area (Å²) < 4.78 is 1.47. The van der Waals surface area contributed by atoms with Gasteiger partial charge < -0.3 is 0 Å². The fraction of sp³-hybridized carbons (Fsp3) is 0. The van der Waals surface area contributed by atoms with E-state index in [-0.39, 0.29) is 5.78 Å². The van der Waals surface area contributed by atoms with Crippen LogP contribution in [0.4, 0.5) is 0 Å². The summed E-state index contributed by atoms with van der Waals surface area (Å²) in [7, 11) is 0. The van der Waals surface area contributed by atoms with Gasteiger partial charge in [0.1, 0.15) is 6.33 Å². The highest BCUT2D eigenvalue weighted by molar-refractivity contribution is 6.35. The molecule has 4 heteroatoms. The Bertz CT molecular complexity index is 460. The molecule has 4 nitrogen and oxygen atoms in total. The second kappa shape index (κ2) is 4.32. The summed E-state index contributed by atoms with van der Waals surface area (Å²) in [6.07, 6.45) is 6.06. The van der Waals surface area contributed by atoms with Crippen LogP contribution in [0, 0.1) is 0 Å². The lowest BCUT2D eigenvalue weighted by Crippen LogP contribution is -2.01. The molecule has 2 aromatic rings. The van der Waals surface area contributed by atoms with E-state index in [0.717, 1.165) is 0 Å². The van der Waals surface area contributed by atoms with Crippen LogP contribution in [0.3, 0.4) is 0 Å². The number of carbonyl (C=O) groups excluding carboxylic acids is 1. The molecule has 0 spiro atoms. The minimum atomic E-state index is -0.121. The van der Waals surface area contributed by atoms with Gasteiger partial charge in [-0.05, 0) is 0 Å². The van der Waals surface area contributed by atoms with Crippen LogP contribution < -0.4 is 0 Å². The lowest BCUT2D eigenvalue weighted by atomic mass is 10.1. The molecule has 0 aliphatic heterocycles. The zero-order chi connectivity index (χ0) is 10.5. The van der Waals surface area contributed by atoms with Gasteiger partial charge in [-0.15, -0.1) is 0 Å². The molecule has 1 aromatic carbocycles. The van der Waals surface area contributed by atoms with Crippen LogP contribution in [0.2, 0.25) is 0 Å². The molecule has 0 amide bonds. The van der Waals surface area contributed by atoms with Gasteiger partial charge in [0.05, 0.1) is 6.21 Å². The minimum absolute atomic E-state index is 0.121. The molecule has 2 rings (SSSR count). The topological polar surface area (TPSA) is 47.2 Å². The van der Waals surface area contributed by atoms with Gasteiger partial charge >= 0.3 is 0 Å². The fourth-order valence-corrected chi connectivity index (χ4v) is 1.12. The van der Waals surface area contributed by atoms with E-state index in [1.54, 1.807) is 24.5 Å². The Kier molecular flexibility index (Phi) is 2.69. The lowest BCUT2D eigenvalue weighted by Gasteiger charge is -1.93. The molecule has 0 unspecified atom stereocenters. The van der Waals surface area contributed by atoms with E-state index in [2.05, 4.69) is 10.1 Å². The first kappa shape index (κ1) is 9.33.